The maximum Gasteiger partial charge on any atom is 0.313 e. The second-order valence-electron chi connectivity index (χ2n) is 8.04. The molecule has 0 bridgehead atoms. The van der Waals surface area contributed by atoms with E-state index in [9.17, 15) is 9.59 Å². The fourth-order valence-corrected chi connectivity index (χ4v) is 4.05. The van der Waals surface area contributed by atoms with E-state index in [-0.39, 0.29) is 18.2 Å². The number of rotatable bonds is 3. The maximum absolute atomic E-state index is 12.2. The van der Waals surface area contributed by atoms with Gasteiger partial charge in [-0.1, -0.05) is 32.1 Å². The van der Waals surface area contributed by atoms with Crippen molar-refractivity contribution in [3.8, 4) is 0 Å². The number of morpholine rings is 1. The zero-order chi connectivity index (χ0) is 19.9. The van der Waals surface area contributed by atoms with Crippen LogP contribution in [0.2, 0.25) is 0 Å². The topological polar surface area (TPSA) is 83.6 Å². The van der Waals surface area contributed by atoms with Crippen LogP contribution in [0.15, 0.2) is 18.3 Å². The highest BCUT2D eigenvalue weighted by Gasteiger charge is 2.23. The number of nitrogens with zero attached hydrogens (tertiary/aromatic N) is 2. The summed E-state index contributed by atoms with van der Waals surface area (Å²) < 4.78 is 5.75. The number of carbonyl (C=O) groups excluding carboxylic acids is 2. The molecule has 1 aromatic rings. The molecule has 3 rings (SSSR count). The van der Waals surface area contributed by atoms with Crippen molar-refractivity contribution in [3.63, 3.8) is 0 Å². The summed E-state index contributed by atoms with van der Waals surface area (Å²) in [5.74, 6) is -0.352. The monoisotopic (exact) mass is 388 g/mol. The highest BCUT2D eigenvalue weighted by Crippen LogP contribution is 2.20. The predicted octanol–water partition coefficient (Wildman–Crippen LogP) is 2.86. The minimum atomic E-state index is -0.634. The summed E-state index contributed by atoms with van der Waals surface area (Å²) in [6.07, 6.45) is 9.70. The molecule has 7 nitrogen and oxygen atoms in total. The van der Waals surface area contributed by atoms with Crippen molar-refractivity contribution in [2.24, 2.45) is 0 Å². The van der Waals surface area contributed by atoms with Gasteiger partial charge < -0.3 is 20.3 Å². The summed E-state index contributed by atoms with van der Waals surface area (Å²) in [6, 6.07) is 3.76. The largest absolute Gasteiger partial charge is 0.372 e. The van der Waals surface area contributed by atoms with Crippen LogP contribution in [0.4, 0.5) is 11.5 Å². The van der Waals surface area contributed by atoms with Gasteiger partial charge in [-0.2, -0.15) is 0 Å². The van der Waals surface area contributed by atoms with Gasteiger partial charge in [0.25, 0.3) is 0 Å². The van der Waals surface area contributed by atoms with Gasteiger partial charge in [-0.15, -0.1) is 0 Å². The van der Waals surface area contributed by atoms with E-state index in [1.165, 1.54) is 19.3 Å². The first kappa shape index (κ1) is 20.6. The van der Waals surface area contributed by atoms with E-state index < -0.39 is 11.8 Å². The van der Waals surface area contributed by atoms with Crippen molar-refractivity contribution >= 4 is 23.3 Å². The fraction of sp³-hybridized carbons (Fsp3) is 0.667. The van der Waals surface area contributed by atoms with E-state index in [1.807, 2.05) is 19.9 Å². The van der Waals surface area contributed by atoms with Crippen molar-refractivity contribution in [1.82, 2.24) is 10.3 Å². The Kier molecular flexibility index (Phi) is 7.25. The molecule has 1 aliphatic carbocycles. The number of hydrogen-bond acceptors (Lipinski definition) is 5. The molecule has 2 fully saturated rings. The van der Waals surface area contributed by atoms with Crippen molar-refractivity contribution in [3.05, 3.63) is 18.3 Å². The van der Waals surface area contributed by atoms with Crippen LogP contribution in [0.5, 0.6) is 0 Å². The fourth-order valence-electron chi connectivity index (χ4n) is 4.05. The molecule has 1 saturated heterocycles. The van der Waals surface area contributed by atoms with Crippen molar-refractivity contribution < 1.29 is 14.3 Å². The Morgan fingerprint density at radius 1 is 1.00 bits per heavy atom. The molecule has 154 valence electrons. The van der Waals surface area contributed by atoms with E-state index in [1.54, 1.807) is 12.3 Å². The molecule has 2 aliphatic rings. The first-order chi connectivity index (χ1) is 13.5. The lowest BCUT2D eigenvalue weighted by atomic mass is 9.97. The van der Waals surface area contributed by atoms with Crippen LogP contribution >= 0.6 is 0 Å². The van der Waals surface area contributed by atoms with Crippen LogP contribution in [0.25, 0.3) is 0 Å². The van der Waals surface area contributed by atoms with Gasteiger partial charge in [-0.25, -0.2) is 4.98 Å². The molecule has 0 unspecified atom stereocenters. The quantitative estimate of drug-likeness (QED) is 0.778. The Labute approximate surface area is 167 Å². The average molecular weight is 389 g/mol. The molecule has 28 heavy (non-hydrogen) atoms. The molecule has 1 aliphatic heterocycles. The standard InChI is InChI=1S/C21H32N4O3/c1-15-13-25(14-16(2)28-15)19-11-10-18(12-22-19)24-21(27)20(26)23-17-8-6-4-3-5-7-9-17/h10-12,15-17H,3-9,13-14H2,1-2H3,(H,23,26)(H,24,27)/t15-,16+. The van der Waals surface area contributed by atoms with E-state index in [4.69, 9.17) is 4.74 Å². The summed E-state index contributed by atoms with van der Waals surface area (Å²) in [6.45, 7) is 5.66. The van der Waals surface area contributed by atoms with Crippen LogP contribution in [0.3, 0.4) is 0 Å². The number of anilines is 2. The zero-order valence-electron chi connectivity index (χ0n) is 16.9. The third kappa shape index (κ3) is 5.92. The van der Waals surface area contributed by atoms with E-state index >= 15 is 0 Å². The first-order valence-corrected chi connectivity index (χ1v) is 10.5. The number of ether oxygens (including phenoxy) is 1. The Hall–Kier alpha value is -2.15. The zero-order valence-corrected chi connectivity index (χ0v) is 16.9. The number of carbonyl (C=O) groups is 2. The third-order valence-electron chi connectivity index (χ3n) is 5.40. The van der Waals surface area contributed by atoms with Crippen LogP contribution < -0.4 is 15.5 Å². The minimum Gasteiger partial charge on any atom is -0.372 e. The molecular weight excluding hydrogens is 356 g/mol. The Balaban J connectivity index is 1.51. The molecule has 0 aromatic carbocycles. The molecule has 1 aromatic heterocycles. The van der Waals surface area contributed by atoms with E-state index in [0.29, 0.717) is 5.69 Å². The van der Waals surface area contributed by atoms with E-state index in [0.717, 1.165) is 44.6 Å². The first-order valence-electron chi connectivity index (χ1n) is 10.5. The van der Waals surface area contributed by atoms with Gasteiger partial charge in [0.1, 0.15) is 5.82 Å². The van der Waals surface area contributed by atoms with Gasteiger partial charge >= 0.3 is 11.8 Å². The predicted molar refractivity (Wildman–Crippen MR) is 109 cm³/mol. The normalized spacial score (nSPS) is 24.1. The van der Waals surface area contributed by atoms with Crippen molar-refractivity contribution in [2.75, 3.05) is 23.3 Å². The Bertz CT molecular complexity index is 646. The second kappa shape index (κ2) is 9.87. The summed E-state index contributed by atoms with van der Waals surface area (Å²) in [4.78, 5) is 31.1. The molecule has 2 N–H and O–H groups in total. The van der Waals surface area contributed by atoms with Crippen LogP contribution in [-0.4, -0.2) is 48.1 Å². The van der Waals surface area contributed by atoms with Crippen molar-refractivity contribution in [1.29, 1.82) is 0 Å². The maximum atomic E-state index is 12.2. The van der Waals surface area contributed by atoms with Gasteiger partial charge in [0.15, 0.2) is 0 Å². The number of amides is 2. The van der Waals surface area contributed by atoms with Crippen LogP contribution in [-0.2, 0) is 14.3 Å². The molecule has 1 saturated carbocycles. The SMILES string of the molecule is C[C@@H]1CN(c2ccc(NC(=O)C(=O)NC3CCCCCCC3)cn2)C[C@H](C)O1. The number of pyridine rings is 1. The molecule has 0 radical (unpaired) electrons. The van der Waals surface area contributed by atoms with Gasteiger partial charge in [0, 0.05) is 19.1 Å². The lowest BCUT2D eigenvalue weighted by molar-refractivity contribution is -0.136. The summed E-state index contributed by atoms with van der Waals surface area (Å²) in [5.41, 5.74) is 0.524. The lowest BCUT2D eigenvalue weighted by Gasteiger charge is -2.36. The summed E-state index contributed by atoms with van der Waals surface area (Å²) in [5, 5.41) is 5.54. The highest BCUT2D eigenvalue weighted by molar-refractivity contribution is 6.39. The second-order valence-corrected chi connectivity index (χ2v) is 8.04. The highest BCUT2D eigenvalue weighted by atomic mass is 16.5. The van der Waals surface area contributed by atoms with Gasteiger partial charge in [-0.3, -0.25) is 9.59 Å². The number of aromatic nitrogens is 1. The third-order valence-corrected chi connectivity index (χ3v) is 5.40. The Morgan fingerprint density at radius 3 is 2.25 bits per heavy atom. The van der Waals surface area contributed by atoms with Crippen molar-refractivity contribution in [2.45, 2.75) is 77.0 Å². The number of nitrogens with one attached hydrogen (secondary N) is 2. The molecule has 7 heteroatoms. The number of hydrogen-bond donors (Lipinski definition) is 2. The average Bonchev–Trinajstić information content (AvgIpc) is 2.63. The smallest absolute Gasteiger partial charge is 0.313 e. The van der Waals surface area contributed by atoms with Gasteiger partial charge in [-0.05, 0) is 38.8 Å². The molecular formula is C21H32N4O3. The van der Waals surface area contributed by atoms with E-state index in [2.05, 4.69) is 20.5 Å². The van der Waals surface area contributed by atoms with Gasteiger partial charge in [0.2, 0.25) is 0 Å². The lowest BCUT2D eigenvalue weighted by Crippen LogP contribution is -2.45. The van der Waals surface area contributed by atoms with Crippen LogP contribution in [0.1, 0.15) is 58.8 Å². The molecule has 2 atom stereocenters. The summed E-state index contributed by atoms with van der Waals surface area (Å²) in [7, 11) is 0. The summed E-state index contributed by atoms with van der Waals surface area (Å²) >= 11 is 0. The molecule has 2 amide bonds. The van der Waals surface area contributed by atoms with Gasteiger partial charge in [0.05, 0.1) is 24.1 Å². The minimum absolute atomic E-state index is 0.101. The van der Waals surface area contributed by atoms with Crippen LogP contribution in [0, 0.1) is 0 Å². The Morgan fingerprint density at radius 2 is 1.64 bits per heavy atom. The molecule has 2 heterocycles. The molecule has 0 spiro atoms.